The van der Waals surface area contributed by atoms with Gasteiger partial charge in [-0.25, -0.2) is 0 Å². The molecule has 0 saturated heterocycles. The molecule has 1 heteroatoms. The van der Waals surface area contributed by atoms with Crippen molar-refractivity contribution in [3.8, 4) is 0 Å². The van der Waals surface area contributed by atoms with E-state index in [1.165, 1.54) is 45.9 Å². The average Bonchev–Trinajstić information content (AvgIpc) is 3.15. The fourth-order valence-electron chi connectivity index (χ4n) is 3.45. The largest absolute Gasteiger partial charge is 0.388 e. The van der Waals surface area contributed by atoms with Crippen molar-refractivity contribution in [1.29, 1.82) is 0 Å². The van der Waals surface area contributed by atoms with Crippen molar-refractivity contribution in [1.82, 2.24) is 0 Å². The molecular formula is C17H18O. The third-order valence-electron chi connectivity index (χ3n) is 4.63. The summed E-state index contributed by atoms with van der Waals surface area (Å²) in [7, 11) is 0. The topological polar surface area (TPSA) is 20.2 Å². The summed E-state index contributed by atoms with van der Waals surface area (Å²) < 4.78 is 0. The first-order valence-corrected chi connectivity index (χ1v) is 6.98. The highest BCUT2D eigenvalue weighted by Crippen LogP contribution is 2.43. The van der Waals surface area contributed by atoms with Gasteiger partial charge in [0.25, 0.3) is 0 Å². The van der Waals surface area contributed by atoms with Gasteiger partial charge in [0.2, 0.25) is 0 Å². The maximum absolute atomic E-state index is 10.1. The number of rotatable bonds is 1. The molecule has 0 amide bonds. The Labute approximate surface area is 107 Å². The van der Waals surface area contributed by atoms with Gasteiger partial charge in [-0.15, -0.1) is 0 Å². The fourth-order valence-corrected chi connectivity index (χ4v) is 3.45. The molecule has 0 heterocycles. The molecule has 18 heavy (non-hydrogen) atoms. The number of fused-ring (bicyclic) bond motifs is 2. The predicted octanol–water partition coefficient (Wildman–Crippen LogP) is 4.01. The maximum atomic E-state index is 10.1. The molecule has 1 N–H and O–H groups in total. The van der Waals surface area contributed by atoms with Crippen LogP contribution in [0.2, 0.25) is 0 Å². The Morgan fingerprint density at radius 1 is 1.11 bits per heavy atom. The average molecular weight is 238 g/mol. The molecule has 4 rings (SSSR count). The Kier molecular flexibility index (Phi) is 2.10. The van der Waals surface area contributed by atoms with Crippen molar-refractivity contribution in [2.24, 2.45) is 0 Å². The monoisotopic (exact) mass is 238 g/mol. The highest BCUT2D eigenvalue weighted by Gasteiger charge is 2.26. The van der Waals surface area contributed by atoms with Gasteiger partial charge in [0, 0.05) is 0 Å². The van der Waals surface area contributed by atoms with Gasteiger partial charge in [-0.1, -0.05) is 24.3 Å². The lowest BCUT2D eigenvalue weighted by Gasteiger charge is -2.13. The summed E-state index contributed by atoms with van der Waals surface area (Å²) in [6, 6.07) is 9.19. The SMILES string of the molecule is Cc1c2c(cc3ccc(C4CC4)cc13)CCC2O. The maximum Gasteiger partial charge on any atom is 0.0798 e. The van der Waals surface area contributed by atoms with E-state index in [0.717, 1.165) is 18.8 Å². The van der Waals surface area contributed by atoms with Crippen LogP contribution in [0.3, 0.4) is 0 Å². The van der Waals surface area contributed by atoms with E-state index in [9.17, 15) is 5.11 Å². The van der Waals surface area contributed by atoms with Crippen LogP contribution in [0, 0.1) is 6.92 Å². The molecule has 1 atom stereocenters. The molecule has 0 aliphatic heterocycles. The molecule has 0 aromatic heterocycles. The lowest BCUT2D eigenvalue weighted by atomic mass is 9.94. The standard InChI is InChI=1S/C17H18O/c1-10-15-9-12(11-2-3-11)4-5-13(15)8-14-6-7-16(18)17(10)14/h4-5,8-9,11,16,18H,2-3,6-7H2,1H3. The van der Waals surface area contributed by atoms with Gasteiger partial charge in [-0.05, 0) is 71.6 Å². The number of hydrogen-bond donors (Lipinski definition) is 1. The van der Waals surface area contributed by atoms with E-state index in [4.69, 9.17) is 0 Å². The number of benzene rings is 2. The zero-order chi connectivity index (χ0) is 12.3. The molecule has 1 unspecified atom stereocenters. The number of aliphatic hydroxyl groups excluding tert-OH is 1. The molecule has 2 aliphatic rings. The van der Waals surface area contributed by atoms with Gasteiger partial charge < -0.3 is 5.11 Å². The van der Waals surface area contributed by atoms with Gasteiger partial charge in [0.05, 0.1) is 6.10 Å². The molecule has 1 fully saturated rings. The van der Waals surface area contributed by atoms with Crippen molar-refractivity contribution in [3.63, 3.8) is 0 Å². The Morgan fingerprint density at radius 2 is 1.94 bits per heavy atom. The summed E-state index contributed by atoms with van der Waals surface area (Å²) in [5, 5.41) is 12.8. The van der Waals surface area contributed by atoms with Crippen LogP contribution in [0.25, 0.3) is 10.8 Å². The molecule has 2 aliphatic carbocycles. The second-order valence-electron chi connectivity index (χ2n) is 5.88. The molecule has 0 spiro atoms. The summed E-state index contributed by atoms with van der Waals surface area (Å²) >= 11 is 0. The fraction of sp³-hybridized carbons (Fsp3) is 0.412. The second-order valence-corrected chi connectivity index (χ2v) is 5.88. The Hall–Kier alpha value is -1.34. The third-order valence-corrected chi connectivity index (χ3v) is 4.63. The van der Waals surface area contributed by atoms with E-state index >= 15 is 0 Å². The number of hydrogen-bond acceptors (Lipinski definition) is 1. The molecule has 2 aromatic carbocycles. The van der Waals surface area contributed by atoms with E-state index in [1.54, 1.807) is 0 Å². The minimum atomic E-state index is -0.242. The molecule has 1 nitrogen and oxygen atoms in total. The van der Waals surface area contributed by atoms with Crippen LogP contribution in [0.15, 0.2) is 24.3 Å². The zero-order valence-electron chi connectivity index (χ0n) is 10.7. The first-order valence-electron chi connectivity index (χ1n) is 6.98. The van der Waals surface area contributed by atoms with Crippen molar-refractivity contribution in [2.75, 3.05) is 0 Å². The molecule has 92 valence electrons. The molecule has 0 bridgehead atoms. The Bertz CT molecular complexity index is 638. The van der Waals surface area contributed by atoms with E-state index in [-0.39, 0.29) is 6.10 Å². The summed E-state index contributed by atoms with van der Waals surface area (Å²) in [5.41, 5.74) is 5.34. The van der Waals surface area contributed by atoms with Crippen LogP contribution >= 0.6 is 0 Å². The number of aliphatic hydroxyl groups is 1. The summed E-state index contributed by atoms with van der Waals surface area (Å²) in [4.78, 5) is 0. The van der Waals surface area contributed by atoms with E-state index in [2.05, 4.69) is 31.2 Å². The van der Waals surface area contributed by atoms with Crippen molar-refractivity contribution in [3.05, 3.63) is 46.5 Å². The lowest BCUT2D eigenvalue weighted by molar-refractivity contribution is 0.179. The van der Waals surface area contributed by atoms with Gasteiger partial charge in [-0.2, -0.15) is 0 Å². The first kappa shape index (κ1) is 10.6. The van der Waals surface area contributed by atoms with Gasteiger partial charge >= 0.3 is 0 Å². The highest BCUT2D eigenvalue weighted by molar-refractivity contribution is 5.89. The predicted molar refractivity (Wildman–Crippen MR) is 73.9 cm³/mol. The second kappa shape index (κ2) is 3.58. The van der Waals surface area contributed by atoms with Crippen LogP contribution in [0.5, 0.6) is 0 Å². The van der Waals surface area contributed by atoms with Crippen molar-refractivity contribution >= 4 is 10.8 Å². The molecule has 1 saturated carbocycles. The third kappa shape index (κ3) is 1.44. The Morgan fingerprint density at radius 3 is 2.72 bits per heavy atom. The molecule has 2 aromatic rings. The molecule has 0 radical (unpaired) electrons. The van der Waals surface area contributed by atoms with Gasteiger partial charge in [0.15, 0.2) is 0 Å². The summed E-state index contributed by atoms with van der Waals surface area (Å²) in [6.45, 7) is 2.17. The minimum absolute atomic E-state index is 0.242. The summed E-state index contributed by atoms with van der Waals surface area (Å²) in [6.07, 6.45) is 4.37. The van der Waals surface area contributed by atoms with Crippen LogP contribution in [-0.4, -0.2) is 5.11 Å². The lowest BCUT2D eigenvalue weighted by Crippen LogP contribution is -1.96. The van der Waals surface area contributed by atoms with Crippen LogP contribution in [-0.2, 0) is 6.42 Å². The van der Waals surface area contributed by atoms with Gasteiger partial charge in [-0.3, -0.25) is 0 Å². The normalized spacial score (nSPS) is 22.4. The van der Waals surface area contributed by atoms with E-state index in [1.807, 2.05) is 0 Å². The van der Waals surface area contributed by atoms with Crippen LogP contribution < -0.4 is 0 Å². The quantitative estimate of drug-likeness (QED) is 0.796. The smallest absolute Gasteiger partial charge is 0.0798 e. The van der Waals surface area contributed by atoms with Crippen molar-refractivity contribution in [2.45, 2.75) is 44.6 Å². The minimum Gasteiger partial charge on any atom is -0.388 e. The van der Waals surface area contributed by atoms with E-state index < -0.39 is 0 Å². The highest BCUT2D eigenvalue weighted by atomic mass is 16.3. The van der Waals surface area contributed by atoms with Crippen LogP contribution in [0.1, 0.15) is 53.5 Å². The number of aryl methyl sites for hydroxylation is 2. The van der Waals surface area contributed by atoms with Crippen molar-refractivity contribution < 1.29 is 5.11 Å². The zero-order valence-corrected chi connectivity index (χ0v) is 10.7. The first-order chi connectivity index (χ1) is 8.74. The van der Waals surface area contributed by atoms with Gasteiger partial charge in [0.1, 0.15) is 0 Å². The van der Waals surface area contributed by atoms with E-state index in [0.29, 0.717) is 0 Å². The molecular weight excluding hydrogens is 220 g/mol. The Balaban J connectivity index is 1.99. The van der Waals surface area contributed by atoms with Crippen LogP contribution in [0.4, 0.5) is 0 Å². The summed E-state index contributed by atoms with van der Waals surface area (Å²) in [5.74, 6) is 0.798.